The Morgan fingerprint density at radius 2 is 2.15 bits per heavy atom. The van der Waals surface area contributed by atoms with Crippen molar-refractivity contribution in [2.75, 3.05) is 13.2 Å². The first-order chi connectivity index (χ1) is 9.35. The Bertz CT molecular complexity index is 446. The molecule has 5 nitrogen and oxygen atoms in total. The smallest absolute Gasteiger partial charge is 0.269 e. The van der Waals surface area contributed by atoms with Crippen LogP contribution in [0.3, 0.4) is 0 Å². The summed E-state index contributed by atoms with van der Waals surface area (Å²) in [6, 6.07) is 6.77. The van der Waals surface area contributed by atoms with Crippen molar-refractivity contribution in [1.29, 1.82) is 0 Å². The molecule has 0 bridgehead atoms. The first kappa shape index (κ1) is 16.6. The van der Waals surface area contributed by atoms with Gasteiger partial charge in [-0.25, -0.2) is 0 Å². The fraction of sp³-hybridized carbons (Fsp3) is 0.600. The van der Waals surface area contributed by atoms with Gasteiger partial charge in [0.15, 0.2) is 0 Å². The van der Waals surface area contributed by atoms with Crippen LogP contribution in [-0.2, 0) is 0 Å². The third-order valence-corrected chi connectivity index (χ3v) is 3.48. The molecule has 1 aromatic rings. The van der Waals surface area contributed by atoms with Crippen LogP contribution in [0.5, 0.6) is 0 Å². The van der Waals surface area contributed by atoms with E-state index >= 15 is 0 Å². The number of aliphatic hydroxyl groups is 1. The largest absolute Gasteiger partial charge is 0.396 e. The Balaban J connectivity index is 2.60. The van der Waals surface area contributed by atoms with Gasteiger partial charge in [-0.1, -0.05) is 26.0 Å². The van der Waals surface area contributed by atoms with E-state index in [0.717, 1.165) is 24.9 Å². The van der Waals surface area contributed by atoms with E-state index in [4.69, 9.17) is 5.11 Å². The fourth-order valence-corrected chi connectivity index (χ4v) is 2.10. The van der Waals surface area contributed by atoms with Gasteiger partial charge >= 0.3 is 0 Å². The predicted octanol–water partition coefficient (Wildman–Crippen LogP) is 3.04. The Morgan fingerprint density at radius 1 is 1.45 bits per heavy atom. The fourth-order valence-electron chi connectivity index (χ4n) is 2.10. The molecule has 1 unspecified atom stereocenters. The Kier molecular flexibility index (Phi) is 6.10. The van der Waals surface area contributed by atoms with Crippen molar-refractivity contribution in [2.45, 2.75) is 39.7 Å². The van der Waals surface area contributed by atoms with E-state index in [1.54, 1.807) is 12.1 Å². The molecule has 0 spiro atoms. The van der Waals surface area contributed by atoms with Crippen LogP contribution in [0.15, 0.2) is 24.3 Å². The standard InChI is InChI=1S/C15H24N2O3/c1-12(16-11-15(2,3)8-5-9-18)13-6-4-7-14(10-13)17(19)20/h4,6-7,10,12,16,18H,5,8-9,11H2,1-3H3. The van der Waals surface area contributed by atoms with E-state index < -0.39 is 0 Å². The average Bonchev–Trinajstić information content (AvgIpc) is 2.43. The van der Waals surface area contributed by atoms with Crippen LogP contribution in [0.2, 0.25) is 0 Å². The molecule has 1 rings (SSSR count). The summed E-state index contributed by atoms with van der Waals surface area (Å²) in [7, 11) is 0. The SMILES string of the molecule is CC(NCC(C)(C)CCCO)c1cccc([N+](=O)[O-])c1. The first-order valence-electron chi connectivity index (χ1n) is 6.94. The molecule has 0 heterocycles. The first-order valence-corrected chi connectivity index (χ1v) is 6.94. The van der Waals surface area contributed by atoms with Crippen molar-refractivity contribution in [1.82, 2.24) is 5.32 Å². The molecule has 5 heteroatoms. The summed E-state index contributed by atoms with van der Waals surface area (Å²) in [5.74, 6) is 0. The van der Waals surface area contributed by atoms with Crippen molar-refractivity contribution in [3.05, 3.63) is 39.9 Å². The highest BCUT2D eigenvalue weighted by molar-refractivity contribution is 5.35. The molecule has 0 radical (unpaired) electrons. The maximum atomic E-state index is 10.8. The summed E-state index contributed by atoms with van der Waals surface area (Å²) >= 11 is 0. The second-order valence-electron chi connectivity index (χ2n) is 5.95. The summed E-state index contributed by atoms with van der Waals surface area (Å²) in [5, 5.41) is 23.1. The van der Waals surface area contributed by atoms with Crippen molar-refractivity contribution in [3.63, 3.8) is 0 Å². The highest BCUT2D eigenvalue weighted by Gasteiger charge is 2.19. The van der Waals surface area contributed by atoms with E-state index in [1.165, 1.54) is 6.07 Å². The average molecular weight is 280 g/mol. The number of nitro groups is 1. The number of benzene rings is 1. The summed E-state index contributed by atoms with van der Waals surface area (Å²) < 4.78 is 0. The van der Waals surface area contributed by atoms with Crippen LogP contribution in [-0.4, -0.2) is 23.2 Å². The van der Waals surface area contributed by atoms with E-state index in [2.05, 4.69) is 19.2 Å². The summed E-state index contributed by atoms with van der Waals surface area (Å²) in [6.07, 6.45) is 1.73. The highest BCUT2D eigenvalue weighted by atomic mass is 16.6. The van der Waals surface area contributed by atoms with Gasteiger partial charge in [-0.3, -0.25) is 10.1 Å². The molecule has 0 aromatic heterocycles. The van der Waals surface area contributed by atoms with Crippen molar-refractivity contribution < 1.29 is 10.0 Å². The molecular weight excluding hydrogens is 256 g/mol. The molecule has 0 fully saturated rings. The second kappa shape index (κ2) is 7.36. The van der Waals surface area contributed by atoms with E-state index in [0.29, 0.717) is 0 Å². The maximum Gasteiger partial charge on any atom is 0.269 e. The number of nitrogens with one attached hydrogen (secondary N) is 1. The van der Waals surface area contributed by atoms with Crippen molar-refractivity contribution in [2.24, 2.45) is 5.41 Å². The van der Waals surface area contributed by atoms with Gasteiger partial charge in [-0.15, -0.1) is 0 Å². The predicted molar refractivity (Wildman–Crippen MR) is 79.6 cm³/mol. The van der Waals surface area contributed by atoms with Gasteiger partial charge in [0.2, 0.25) is 0 Å². The molecular formula is C15H24N2O3. The van der Waals surface area contributed by atoms with Gasteiger partial charge in [0.25, 0.3) is 5.69 Å². The zero-order valence-electron chi connectivity index (χ0n) is 12.4. The molecule has 0 saturated heterocycles. The maximum absolute atomic E-state index is 10.8. The van der Waals surface area contributed by atoms with Gasteiger partial charge < -0.3 is 10.4 Å². The third kappa shape index (κ3) is 5.27. The van der Waals surface area contributed by atoms with Crippen LogP contribution < -0.4 is 5.32 Å². The van der Waals surface area contributed by atoms with E-state index in [-0.39, 0.29) is 28.7 Å². The second-order valence-corrected chi connectivity index (χ2v) is 5.95. The van der Waals surface area contributed by atoms with Crippen LogP contribution in [0.25, 0.3) is 0 Å². The van der Waals surface area contributed by atoms with Crippen LogP contribution in [0.1, 0.15) is 45.2 Å². The van der Waals surface area contributed by atoms with Crippen LogP contribution in [0, 0.1) is 15.5 Å². The molecule has 0 aliphatic carbocycles. The van der Waals surface area contributed by atoms with Crippen LogP contribution in [0.4, 0.5) is 5.69 Å². The lowest BCUT2D eigenvalue weighted by atomic mass is 9.87. The lowest BCUT2D eigenvalue weighted by Crippen LogP contribution is -2.31. The Hall–Kier alpha value is -1.46. The zero-order valence-corrected chi connectivity index (χ0v) is 12.4. The Labute approximate surface area is 120 Å². The van der Waals surface area contributed by atoms with Gasteiger partial charge in [0.1, 0.15) is 0 Å². The van der Waals surface area contributed by atoms with Gasteiger partial charge in [-0.2, -0.15) is 0 Å². The summed E-state index contributed by atoms with van der Waals surface area (Å²) in [4.78, 5) is 10.4. The third-order valence-electron chi connectivity index (χ3n) is 3.48. The monoisotopic (exact) mass is 280 g/mol. The number of hydrogen-bond acceptors (Lipinski definition) is 4. The topological polar surface area (TPSA) is 75.4 Å². The molecule has 0 saturated carbocycles. The van der Waals surface area contributed by atoms with Crippen LogP contribution >= 0.6 is 0 Å². The molecule has 0 aliphatic rings. The molecule has 1 aromatic carbocycles. The molecule has 20 heavy (non-hydrogen) atoms. The highest BCUT2D eigenvalue weighted by Crippen LogP contribution is 2.24. The van der Waals surface area contributed by atoms with Gasteiger partial charge in [0, 0.05) is 31.3 Å². The zero-order chi connectivity index (χ0) is 15.2. The number of hydrogen-bond donors (Lipinski definition) is 2. The number of non-ortho nitro benzene ring substituents is 1. The lowest BCUT2D eigenvalue weighted by molar-refractivity contribution is -0.384. The quantitative estimate of drug-likeness (QED) is 0.567. The lowest BCUT2D eigenvalue weighted by Gasteiger charge is -2.27. The summed E-state index contributed by atoms with van der Waals surface area (Å²) in [5.41, 5.74) is 1.13. The number of nitrogens with zero attached hydrogens (tertiary/aromatic N) is 1. The van der Waals surface area contributed by atoms with E-state index in [9.17, 15) is 10.1 Å². The minimum Gasteiger partial charge on any atom is -0.396 e. The van der Waals surface area contributed by atoms with Crippen molar-refractivity contribution >= 4 is 5.69 Å². The summed E-state index contributed by atoms with van der Waals surface area (Å²) in [6.45, 7) is 7.31. The minimum atomic E-state index is -0.374. The molecule has 0 amide bonds. The van der Waals surface area contributed by atoms with E-state index in [1.807, 2.05) is 13.0 Å². The van der Waals surface area contributed by atoms with Crippen molar-refractivity contribution in [3.8, 4) is 0 Å². The molecule has 1 atom stereocenters. The molecule has 0 aliphatic heterocycles. The van der Waals surface area contributed by atoms with Gasteiger partial charge in [-0.05, 0) is 30.7 Å². The minimum absolute atomic E-state index is 0.0586. The molecule has 2 N–H and O–H groups in total. The normalized spacial score (nSPS) is 13.2. The number of rotatable bonds is 8. The van der Waals surface area contributed by atoms with Gasteiger partial charge in [0.05, 0.1) is 4.92 Å². The Morgan fingerprint density at radius 3 is 2.75 bits per heavy atom. The number of nitro benzene ring substituents is 1. The molecule has 112 valence electrons. The number of aliphatic hydroxyl groups excluding tert-OH is 1.